The molecule has 2 heterocycles. The first-order valence-electron chi connectivity index (χ1n) is 13.7. The first-order chi connectivity index (χ1) is 18.4. The highest BCUT2D eigenvalue weighted by molar-refractivity contribution is 5.95. The maximum Gasteiger partial charge on any atom is 0.410 e. The highest BCUT2D eigenvalue weighted by atomic mass is 16.6. The molecule has 2 aromatic rings. The summed E-state index contributed by atoms with van der Waals surface area (Å²) >= 11 is 0. The molecule has 10 heteroatoms. The molecule has 1 saturated carbocycles. The Hall–Kier alpha value is -3.53. The lowest BCUT2D eigenvalue weighted by Crippen LogP contribution is -2.54. The van der Waals surface area contributed by atoms with Crippen molar-refractivity contribution in [2.45, 2.75) is 83.7 Å². The van der Waals surface area contributed by atoms with Gasteiger partial charge in [0, 0.05) is 38.3 Å². The standard InChI is InChI=1S/C29H41N5O5/c1-6-33(5)26-15-19(14-25(32-26)31-21-8-7-9-21)27(37)30-16-24(36)23-13-18-10-11-22(35)12-20(18)17-34(23)28(38)39-29(2,3)4/h10-12,14-15,21,23-24,35-36H,6-9,13,16-17H2,1-5H3,(H,30,37)(H,31,32)/t23-,24+/m0/s1. The molecular formula is C29H41N5O5. The summed E-state index contributed by atoms with van der Waals surface area (Å²) in [7, 11) is 1.92. The molecule has 2 amide bonds. The number of ether oxygens (including phenoxy) is 1. The number of phenols is 1. The Morgan fingerprint density at radius 1 is 1.21 bits per heavy atom. The van der Waals surface area contributed by atoms with Gasteiger partial charge in [0.15, 0.2) is 0 Å². The summed E-state index contributed by atoms with van der Waals surface area (Å²) in [5.74, 6) is 1.13. The highest BCUT2D eigenvalue weighted by Gasteiger charge is 2.37. The third kappa shape index (κ3) is 7.11. The van der Waals surface area contributed by atoms with Crippen molar-refractivity contribution in [1.82, 2.24) is 15.2 Å². The number of carbonyl (C=O) groups is 2. The fraction of sp³-hybridized carbons (Fsp3) is 0.552. The van der Waals surface area contributed by atoms with E-state index >= 15 is 0 Å². The van der Waals surface area contributed by atoms with Crippen molar-refractivity contribution in [3.05, 3.63) is 47.0 Å². The van der Waals surface area contributed by atoms with E-state index in [1.54, 1.807) is 51.1 Å². The van der Waals surface area contributed by atoms with Crippen LogP contribution in [0.1, 0.15) is 68.4 Å². The van der Waals surface area contributed by atoms with E-state index in [-0.39, 0.29) is 24.7 Å². The van der Waals surface area contributed by atoms with E-state index < -0.39 is 23.8 Å². The molecule has 1 aromatic carbocycles. The number of benzene rings is 1. The van der Waals surface area contributed by atoms with Gasteiger partial charge in [0.1, 0.15) is 23.0 Å². The predicted octanol–water partition coefficient (Wildman–Crippen LogP) is 3.66. The topological polar surface area (TPSA) is 127 Å². The van der Waals surface area contributed by atoms with E-state index in [0.29, 0.717) is 29.7 Å². The molecule has 4 N–H and O–H groups in total. The average Bonchev–Trinajstić information content (AvgIpc) is 2.86. The van der Waals surface area contributed by atoms with Crippen molar-refractivity contribution >= 4 is 23.6 Å². The van der Waals surface area contributed by atoms with Crippen LogP contribution in [0.3, 0.4) is 0 Å². The number of amides is 2. The Morgan fingerprint density at radius 2 is 1.95 bits per heavy atom. The lowest BCUT2D eigenvalue weighted by Gasteiger charge is -2.40. The third-order valence-corrected chi connectivity index (χ3v) is 7.30. The molecule has 4 rings (SSSR count). The summed E-state index contributed by atoms with van der Waals surface area (Å²) in [6, 6.07) is 8.25. The number of aromatic hydroxyl groups is 1. The lowest BCUT2D eigenvalue weighted by molar-refractivity contribution is -0.0113. The molecule has 10 nitrogen and oxygen atoms in total. The van der Waals surface area contributed by atoms with E-state index in [2.05, 4.69) is 15.6 Å². The average molecular weight is 540 g/mol. The number of anilines is 2. The number of aliphatic hydroxyl groups is 1. The van der Waals surface area contributed by atoms with E-state index in [4.69, 9.17) is 4.74 Å². The monoisotopic (exact) mass is 539 g/mol. The zero-order valence-corrected chi connectivity index (χ0v) is 23.5. The maximum atomic E-state index is 13.2. The minimum atomic E-state index is -1.05. The number of aromatic nitrogens is 1. The van der Waals surface area contributed by atoms with Crippen LogP contribution in [-0.2, 0) is 17.7 Å². The summed E-state index contributed by atoms with van der Waals surface area (Å²) in [6.07, 6.45) is 2.12. The second-order valence-electron chi connectivity index (χ2n) is 11.5. The summed E-state index contributed by atoms with van der Waals surface area (Å²) in [5.41, 5.74) is 1.46. The first-order valence-corrected chi connectivity index (χ1v) is 13.7. The first kappa shape index (κ1) is 28.5. The number of fused-ring (bicyclic) bond motifs is 1. The van der Waals surface area contributed by atoms with Gasteiger partial charge in [-0.1, -0.05) is 6.07 Å². The fourth-order valence-electron chi connectivity index (χ4n) is 4.73. The van der Waals surface area contributed by atoms with Crippen LogP contribution in [0.4, 0.5) is 16.4 Å². The number of aliphatic hydroxyl groups excluding tert-OH is 1. The number of rotatable bonds is 8. The van der Waals surface area contributed by atoms with Crippen LogP contribution in [0.5, 0.6) is 5.75 Å². The van der Waals surface area contributed by atoms with E-state index in [0.717, 1.165) is 30.5 Å². The molecule has 39 heavy (non-hydrogen) atoms. The number of hydrogen-bond acceptors (Lipinski definition) is 8. The Bertz CT molecular complexity index is 1190. The number of pyridine rings is 1. The number of hydrogen-bond donors (Lipinski definition) is 4. The molecule has 0 bridgehead atoms. The predicted molar refractivity (Wildman–Crippen MR) is 150 cm³/mol. The molecule has 2 atom stereocenters. The van der Waals surface area contributed by atoms with Crippen LogP contribution in [0.15, 0.2) is 30.3 Å². The normalized spacial score (nSPS) is 18.0. The molecule has 2 aliphatic rings. The minimum absolute atomic E-state index is 0.0527. The fourth-order valence-corrected chi connectivity index (χ4v) is 4.73. The Kier molecular flexibility index (Phi) is 8.54. The maximum absolute atomic E-state index is 13.2. The molecule has 0 radical (unpaired) electrons. The number of phenolic OH excluding ortho intramolecular Hbond substituents is 1. The highest BCUT2D eigenvalue weighted by Crippen LogP contribution is 2.30. The molecule has 1 aliphatic heterocycles. The van der Waals surface area contributed by atoms with Crippen LogP contribution in [-0.4, -0.2) is 76.0 Å². The van der Waals surface area contributed by atoms with Gasteiger partial charge in [0.25, 0.3) is 5.91 Å². The zero-order valence-electron chi connectivity index (χ0n) is 23.5. The Morgan fingerprint density at radius 3 is 2.59 bits per heavy atom. The largest absolute Gasteiger partial charge is 0.508 e. The van der Waals surface area contributed by atoms with E-state index in [9.17, 15) is 19.8 Å². The third-order valence-electron chi connectivity index (χ3n) is 7.30. The van der Waals surface area contributed by atoms with Crippen molar-refractivity contribution in [2.75, 3.05) is 30.4 Å². The van der Waals surface area contributed by atoms with E-state index in [1.165, 1.54) is 11.3 Å². The lowest BCUT2D eigenvalue weighted by atomic mass is 9.91. The SMILES string of the molecule is CCN(C)c1cc(C(=O)NC[C@@H](O)[C@@H]2Cc3ccc(O)cc3CN2C(=O)OC(C)(C)C)cc(NC2CCC2)n1. The Balaban J connectivity index is 1.50. The van der Waals surface area contributed by atoms with Crippen LogP contribution in [0.2, 0.25) is 0 Å². The van der Waals surface area contributed by atoms with Gasteiger partial charge in [0.2, 0.25) is 0 Å². The Labute approximate surface area is 230 Å². The second kappa shape index (κ2) is 11.7. The van der Waals surface area contributed by atoms with Crippen molar-refractivity contribution in [3.63, 3.8) is 0 Å². The summed E-state index contributed by atoms with van der Waals surface area (Å²) in [5, 5.41) is 27.4. The van der Waals surface area contributed by atoms with Gasteiger partial charge in [-0.15, -0.1) is 0 Å². The van der Waals surface area contributed by atoms with Crippen LogP contribution in [0, 0.1) is 0 Å². The molecule has 0 unspecified atom stereocenters. The van der Waals surface area contributed by atoms with Crippen LogP contribution in [0.25, 0.3) is 0 Å². The number of carbonyl (C=O) groups excluding carboxylic acids is 2. The van der Waals surface area contributed by atoms with Crippen molar-refractivity contribution in [3.8, 4) is 5.75 Å². The van der Waals surface area contributed by atoms with Crippen molar-refractivity contribution in [1.29, 1.82) is 0 Å². The zero-order chi connectivity index (χ0) is 28.3. The minimum Gasteiger partial charge on any atom is -0.508 e. The van der Waals surface area contributed by atoms with Gasteiger partial charge >= 0.3 is 6.09 Å². The molecule has 0 spiro atoms. The molecule has 0 saturated heterocycles. The van der Waals surface area contributed by atoms with Crippen LogP contribution < -0.4 is 15.5 Å². The summed E-state index contributed by atoms with van der Waals surface area (Å²) in [6.45, 7) is 8.24. The summed E-state index contributed by atoms with van der Waals surface area (Å²) < 4.78 is 5.61. The van der Waals surface area contributed by atoms with Gasteiger partial charge in [-0.2, -0.15) is 0 Å². The van der Waals surface area contributed by atoms with Crippen molar-refractivity contribution in [2.24, 2.45) is 0 Å². The molecule has 212 valence electrons. The van der Waals surface area contributed by atoms with Gasteiger partial charge in [-0.25, -0.2) is 9.78 Å². The quantitative estimate of drug-likeness (QED) is 0.400. The second-order valence-corrected chi connectivity index (χ2v) is 11.5. The van der Waals surface area contributed by atoms with Gasteiger partial charge in [0.05, 0.1) is 12.1 Å². The molecule has 1 aromatic heterocycles. The van der Waals surface area contributed by atoms with Crippen LogP contribution >= 0.6 is 0 Å². The van der Waals surface area contributed by atoms with Gasteiger partial charge in [-0.3, -0.25) is 9.69 Å². The van der Waals surface area contributed by atoms with Crippen molar-refractivity contribution < 1.29 is 24.5 Å². The molecule has 1 aliphatic carbocycles. The smallest absolute Gasteiger partial charge is 0.410 e. The van der Waals surface area contributed by atoms with E-state index in [1.807, 2.05) is 18.9 Å². The number of nitrogens with zero attached hydrogens (tertiary/aromatic N) is 3. The van der Waals surface area contributed by atoms with Gasteiger partial charge in [-0.05, 0) is 88.8 Å². The number of nitrogens with one attached hydrogen (secondary N) is 2. The molecule has 1 fully saturated rings. The summed E-state index contributed by atoms with van der Waals surface area (Å²) in [4.78, 5) is 34.4. The van der Waals surface area contributed by atoms with Gasteiger partial charge < -0.3 is 30.5 Å². The molecular weight excluding hydrogens is 498 g/mol.